The molecule has 0 unspecified atom stereocenters. The number of benzene rings is 1. The summed E-state index contributed by atoms with van der Waals surface area (Å²) in [5.41, 5.74) is 0.333. The molecule has 0 saturated heterocycles. The lowest BCUT2D eigenvalue weighted by Gasteiger charge is -2.13. The van der Waals surface area contributed by atoms with Crippen LogP contribution < -0.4 is 5.32 Å². The molecule has 0 aliphatic heterocycles. The third kappa shape index (κ3) is 5.81. The highest BCUT2D eigenvalue weighted by Crippen LogP contribution is 2.28. The van der Waals surface area contributed by atoms with Crippen LogP contribution in [0.15, 0.2) is 29.2 Å². The van der Waals surface area contributed by atoms with E-state index in [9.17, 15) is 18.0 Å². The fraction of sp³-hybridized carbons (Fsp3) is 0.556. The maximum atomic E-state index is 12.1. The quantitative estimate of drug-likeness (QED) is 0.697. The van der Waals surface area contributed by atoms with Crippen molar-refractivity contribution in [3.05, 3.63) is 24.3 Å². The maximum Gasteiger partial charge on any atom is 0.306 e. The average Bonchev–Trinajstić information content (AvgIpc) is 3.12. The minimum atomic E-state index is -3.58. The minimum Gasteiger partial charge on any atom is -0.456 e. The van der Waals surface area contributed by atoms with Gasteiger partial charge >= 0.3 is 5.97 Å². The number of rotatable bonds is 8. The van der Waals surface area contributed by atoms with Gasteiger partial charge in [0.1, 0.15) is 0 Å². The summed E-state index contributed by atoms with van der Waals surface area (Å²) in [6.45, 7) is -0.381. The highest BCUT2D eigenvalue weighted by molar-refractivity contribution is 7.89. The van der Waals surface area contributed by atoms with Crippen LogP contribution in [0.3, 0.4) is 0 Å². The summed E-state index contributed by atoms with van der Waals surface area (Å²) in [5.74, 6) is -0.285. The van der Waals surface area contributed by atoms with E-state index < -0.39 is 15.9 Å². The second kappa shape index (κ2) is 9.14. The lowest BCUT2D eigenvalue weighted by atomic mass is 10.0. The van der Waals surface area contributed by atoms with Crippen LogP contribution in [-0.2, 0) is 24.3 Å². The van der Waals surface area contributed by atoms with Crippen molar-refractivity contribution in [2.45, 2.75) is 43.4 Å². The van der Waals surface area contributed by atoms with Crippen LogP contribution in [0.25, 0.3) is 0 Å². The first kappa shape index (κ1) is 20.4. The Hall–Kier alpha value is -1.93. The monoisotopic (exact) mass is 382 g/mol. The molecule has 0 spiro atoms. The molecule has 1 aromatic rings. The van der Waals surface area contributed by atoms with Crippen molar-refractivity contribution in [3.63, 3.8) is 0 Å². The lowest BCUT2D eigenvalue weighted by molar-refractivity contribution is -0.147. The first-order chi connectivity index (χ1) is 12.3. The summed E-state index contributed by atoms with van der Waals surface area (Å²) in [6, 6.07) is 5.94. The van der Waals surface area contributed by atoms with Crippen molar-refractivity contribution in [2.24, 2.45) is 5.92 Å². The van der Waals surface area contributed by atoms with E-state index in [-0.39, 0.29) is 17.5 Å². The Balaban J connectivity index is 1.81. The summed E-state index contributed by atoms with van der Waals surface area (Å²) in [5, 5.41) is 2.55. The van der Waals surface area contributed by atoms with Gasteiger partial charge in [0, 0.05) is 26.2 Å². The zero-order chi connectivity index (χ0) is 19.2. The van der Waals surface area contributed by atoms with Crippen LogP contribution in [0.5, 0.6) is 0 Å². The van der Waals surface area contributed by atoms with Crippen molar-refractivity contribution in [3.8, 4) is 0 Å². The molecule has 0 aromatic heterocycles. The van der Waals surface area contributed by atoms with E-state index in [1.165, 1.54) is 51.9 Å². The Bertz CT molecular complexity index is 740. The number of anilines is 1. The van der Waals surface area contributed by atoms with E-state index in [1.54, 1.807) is 12.1 Å². The summed E-state index contributed by atoms with van der Waals surface area (Å²) >= 11 is 0. The molecule has 1 aromatic carbocycles. The van der Waals surface area contributed by atoms with E-state index in [0.29, 0.717) is 18.0 Å². The maximum absolute atomic E-state index is 12.1. The van der Waals surface area contributed by atoms with E-state index in [4.69, 9.17) is 4.74 Å². The Labute approximate surface area is 154 Å². The number of nitrogens with zero attached hydrogens (tertiary/aromatic N) is 1. The van der Waals surface area contributed by atoms with Crippen molar-refractivity contribution < 1.29 is 22.7 Å². The van der Waals surface area contributed by atoms with Gasteiger partial charge in [0.05, 0.1) is 4.90 Å². The van der Waals surface area contributed by atoms with E-state index >= 15 is 0 Å². The largest absolute Gasteiger partial charge is 0.456 e. The molecule has 0 heterocycles. The van der Waals surface area contributed by atoms with Crippen molar-refractivity contribution >= 4 is 27.6 Å². The summed E-state index contributed by atoms with van der Waals surface area (Å²) in [7, 11) is -0.708. The fourth-order valence-corrected chi connectivity index (χ4v) is 3.93. The highest BCUT2D eigenvalue weighted by Gasteiger charge is 2.19. The van der Waals surface area contributed by atoms with E-state index in [1.807, 2.05) is 0 Å². The van der Waals surface area contributed by atoms with Gasteiger partial charge in [0.2, 0.25) is 10.0 Å². The first-order valence-corrected chi connectivity index (χ1v) is 10.2. The molecule has 2 rings (SSSR count). The van der Waals surface area contributed by atoms with Crippen LogP contribution in [0.1, 0.15) is 38.5 Å². The van der Waals surface area contributed by atoms with Gasteiger partial charge in [0.25, 0.3) is 5.91 Å². The second-order valence-corrected chi connectivity index (χ2v) is 8.87. The molecule has 1 amide bonds. The molecule has 144 valence electrons. The number of carbonyl (C=O) groups excluding carboxylic acids is 2. The Kier molecular flexibility index (Phi) is 7.16. The third-order valence-corrected chi connectivity index (χ3v) is 6.30. The number of ether oxygens (including phenoxy) is 1. The van der Waals surface area contributed by atoms with E-state index in [0.717, 1.165) is 10.7 Å². The number of hydrogen-bond donors (Lipinski definition) is 1. The number of carbonyl (C=O) groups is 2. The summed E-state index contributed by atoms with van der Waals surface area (Å²) < 4.78 is 30.3. The van der Waals surface area contributed by atoms with Gasteiger partial charge in [-0.1, -0.05) is 31.7 Å². The Morgan fingerprint density at radius 2 is 1.92 bits per heavy atom. The number of esters is 1. The number of amides is 1. The molecule has 1 fully saturated rings. The number of nitrogens with one attached hydrogen (secondary N) is 1. The van der Waals surface area contributed by atoms with Gasteiger partial charge in [0.15, 0.2) is 6.61 Å². The predicted molar refractivity (Wildman–Crippen MR) is 98.1 cm³/mol. The highest BCUT2D eigenvalue weighted by atomic mass is 32.2. The standard InChI is InChI=1S/C18H26N2O5S/c1-20(2)26(23,24)16-9-5-8-15(12-16)19-17(21)13-25-18(22)11-10-14-6-3-4-7-14/h5,8-9,12,14H,3-4,6-7,10-11,13H2,1-2H3,(H,19,21). The van der Waals surface area contributed by atoms with Crippen LogP contribution in [-0.4, -0.2) is 45.3 Å². The zero-order valence-electron chi connectivity index (χ0n) is 15.2. The lowest BCUT2D eigenvalue weighted by Crippen LogP contribution is -2.23. The Morgan fingerprint density at radius 3 is 2.58 bits per heavy atom. The molecule has 8 heteroatoms. The SMILES string of the molecule is CN(C)S(=O)(=O)c1cccc(NC(=O)COC(=O)CCC2CCCC2)c1. The molecular formula is C18H26N2O5S. The normalized spacial score (nSPS) is 15.2. The number of sulfonamides is 1. The van der Waals surface area contributed by atoms with Crippen LogP contribution in [0, 0.1) is 5.92 Å². The van der Waals surface area contributed by atoms with Crippen molar-refractivity contribution in [1.82, 2.24) is 4.31 Å². The molecule has 0 radical (unpaired) electrons. The van der Waals surface area contributed by atoms with Crippen molar-refractivity contribution in [2.75, 3.05) is 26.0 Å². The molecule has 1 aliphatic rings. The number of hydrogen-bond acceptors (Lipinski definition) is 5. The topological polar surface area (TPSA) is 92.8 Å². The van der Waals surface area contributed by atoms with E-state index in [2.05, 4.69) is 5.32 Å². The molecule has 0 bridgehead atoms. The van der Waals surface area contributed by atoms with Crippen LogP contribution in [0.2, 0.25) is 0 Å². The van der Waals surface area contributed by atoms with Crippen LogP contribution >= 0.6 is 0 Å². The van der Waals surface area contributed by atoms with Gasteiger partial charge in [-0.3, -0.25) is 9.59 Å². The molecule has 1 N–H and O–H groups in total. The molecule has 26 heavy (non-hydrogen) atoms. The molecule has 1 aliphatic carbocycles. The molecule has 1 saturated carbocycles. The zero-order valence-corrected chi connectivity index (χ0v) is 16.0. The third-order valence-electron chi connectivity index (χ3n) is 4.49. The van der Waals surface area contributed by atoms with Gasteiger partial charge in [-0.05, 0) is 30.5 Å². The Morgan fingerprint density at radius 1 is 1.23 bits per heavy atom. The van der Waals surface area contributed by atoms with Gasteiger partial charge in [-0.25, -0.2) is 12.7 Å². The van der Waals surface area contributed by atoms with Crippen LogP contribution in [0.4, 0.5) is 5.69 Å². The van der Waals surface area contributed by atoms with Gasteiger partial charge in [-0.2, -0.15) is 0 Å². The second-order valence-electron chi connectivity index (χ2n) is 6.71. The van der Waals surface area contributed by atoms with Crippen molar-refractivity contribution in [1.29, 1.82) is 0 Å². The molecular weight excluding hydrogens is 356 g/mol. The predicted octanol–water partition coefficient (Wildman–Crippen LogP) is 2.39. The summed E-state index contributed by atoms with van der Waals surface area (Å²) in [6.07, 6.45) is 5.93. The first-order valence-electron chi connectivity index (χ1n) is 8.77. The average molecular weight is 382 g/mol. The van der Waals surface area contributed by atoms with Gasteiger partial charge < -0.3 is 10.1 Å². The summed E-state index contributed by atoms with van der Waals surface area (Å²) in [4.78, 5) is 23.7. The minimum absolute atomic E-state index is 0.0776. The molecule has 7 nitrogen and oxygen atoms in total. The fourth-order valence-electron chi connectivity index (χ4n) is 2.98. The van der Waals surface area contributed by atoms with Gasteiger partial charge in [-0.15, -0.1) is 0 Å². The molecule has 0 atom stereocenters. The smallest absolute Gasteiger partial charge is 0.306 e.